The van der Waals surface area contributed by atoms with Crippen molar-refractivity contribution in [1.82, 2.24) is 16.0 Å². The van der Waals surface area contributed by atoms with Crippen LogP contribution in [-0.2, 0) is 22.6 Å². The first-order chi connectivity index (χ1) is 14.0. The quantitative estimate of drug-likeness (QED) is 0.677. The molecule has 0 fully saturated rings. The van der Waals surface area contributed by atoms with E-state index in [1.807, 2.05) is 63.2 Å². The van der Waals surface area contributed by atoms with E-state index in [-0.39, 0.29) is 29.8 Å². The zero-order valence-electron chi connectivity index (χ0n) is 17.4. The molecule has 29 heavy (non-hydrogen) atoms. The van der Waals surface area contributed by atoms with Gasteiger partial charge in [0.1, 0.15) is 6.04 Å². The predicted octanol–water partition coefficient (Wildman–Crippen LogP) is 3.11. The van der Waals surface area contributed by atoms with Gasteiger partial charge in [-0.3, -0.25) is 9.59 Å². The fraction of sp³-hybridized carbons (Fsp3) is 0.417. The van der Waals surface area contributed by atoms with Crippen molar-refractivity contribution in [3.63, 3.8) is 0 Å². The van der Waals surface area contributed by atoms with Gasteiger partial charge in [-0.15, -0.1) is 0 Å². The third-order valence-electron chi connectivity index (χ3n) is 5.85. The molecule has 0 aliphatic carbocycles. The minimum Gasteiger partial charge on any atom is -0.348 e. The summed E-state index contributed by atoms with van der Waals surface area (Å²) < 4.78 is 0. The molecule has 2 aromatic carbocycles. The van der Waals surface area contributed by atoms with Gasteiger partial charge in [-0.2, -0.15) is 0 Å². The summed E-state index contributed by atoms with van der Waals surface area (Å²) in [5.74, 6) is -0.217. The van der Waals surface area contributed by atoms with E-state index in [0.717, 1.165) is 12.0 Å². The van der Waals surface area contributed by atoms with Crippen LogP contribution in [0.1, 0.15) is 49.9 Å². The molecule has 0 bridgehead atoms. The second-order valence-corrected chi connectivity index (χ2v) is 7.92. The van der Waals surface area contributed by atoms with Crippen LogP contribution in [0.5, 0.6) is 0 Å². The van der Waals surface area contributed by atoms with Gasteiger partial charge in [-0.1, -0.05) is 74.9 Å². The molecule has 154 valence electrons. The summed E-state index contributed by atoms with van der Waals surface area (Å²) in [5.41, 5.74) is 3.46. The number of hydrogen-bond acceptors (Lipinski definition) is 3. The summed E-state index contributed by atoms with van der Waals surface area (Å²) in [6.07, 6.45) is 1.44. The molecular weight excluding hydrogens is 362 g/mol. The van der Waals surface area contributed by atoms with Crippen LogP contribution in [0.4, 0.5) is 0 Å². The Morgan fingerprint density at radius 2 is 1.66 bits per heavy atom. The number of rotatable bonds is 7. The number of benzene rings is 2. The van der Waals surface area contributed by atoms with Crippen molar-refractivity contribution in [2.45, 2.75) is 58.3 Å². The molecule has 5 heteroatoms. The zero-order valence-corrected chi connectivity index (χ0v) is 17.4. The van der Waals surface area contributed by atoms with Crippen molar-refractivity contribution in [2.24, 2.45) is 5.92 Å². The Morgan fingerprint density at radius 1 is 1.00 bits per heavy atom. The summed E-state index contributed by atoms with van der Waals surface area (Å²) in [5, 5.41) is 9.37. The fourth-order valence-corrected chi connectivity index (χ4v) is 3.72. The van der Waals surface area contributed by atoms with Crippen molar-refractivity contribution in [2.75, 3.05) is 0 Å². The van der Waals surface area contributed by atoms with Crippen molar-refractivity contribution >= 4 is 11.8 Å². The van der Waals surface area contributed by atoms with Crippen LogP contribution < -0.4 is 16.0 Å². The van der Waals surface area contributed by atoms with E-state index >= 15 is 0 Å². The Bertz CT molecular complexity index is 837. The molecule has 4 atom stereocenters. The summed E-state index contributed by atoms with van der Waals surface area (Å²) in [6, 6.07) is 17.0. The van der Waals surface area contributed by atoms with E-state index in [4.69, 9.17) is 0 Å². The normalized spacial score (nSPS) is 18.8. The second-order valence-electron chi connectivity index (χ2n) is 7.92. The number of nitrogens with one attached hydrogen (secondary N) is 3. The summed E-state index contributed by atoms with van der Waals surface area (Å²) in [4.78, 5) is 25.9. The van der Waals surface area contributed by atoms with Gasteiger partial charge in [0, 0.05) is 6.54 Å². The Hall–Kier alpha value is -2.66. The molecule has 2 amide bonds. The molecule has 1 aliphatic rings. The molecule has 5 nitrogen and oxygen atoms in total. The van der Waals surface area contributed by atoms with E-state index < -0.39 is 6.04 Å². The van der Waals surface area contributed by atoms with Gasteiger partial charge >= 0.3 is 0 Å². The predicted molar refractivity (Wildman–Crippen MR) is 115 cm³/mol. The monoisotopic (exact) mass is 393 g/mol. The fourth-order valence-electron chi connectivity index (χ4n) is 3.72. The average Bonchev–Trinajstić information content (AvgIpc) is 2.76. The van der Waals surface area contributed by atoms with Crippen LogP contribution in [0.2, 0.25) is 0 Å². The van der Waals surface area contributed by atoms with Crippen LogP contribution in [0.3, 0.4) is 0 Å². The minimum absolute atomic E-state index is 0.0396. The lowest BCUT2D eigenvalue weighted by Crippen LogP contribution is -2.56. The van der Waals surface area contributed by atoms with E-state index in [9.17, 15) is 9.59 Å². The first-order valence-corrected chi connectivity index (χ1v) is 10.5. The molecule has 0 aromatic heterocycles. The van der Waals surface area contributed by atoms with Gasteiger partial charge in [0.15, 0.2) is 0 Å². The Labute approximate surface area is 173 Å². The average molecular weight is 394 g/mol. The summed E-state index contributed by atoms with van der Waals surface area (Å²) in [7, 11) is 0. The van der Waals surface area contributed by atoms with Crippen LogP contribution in [-0.4, -0.2) is 23.9 Å². The maximum Gasteiger partial charge on any atom is 0.243 e. The highest BCUT2D eigenvalue weighted by Crippen LogP contribution is 2.18. The smallest absolute Gasteiger partial charge is 0.243 e. The highest BCUT2D eigenvalue weighted by molar-refractivity contribution is 5.90. The van der Waals surface area contributed by atoms with Crippen molar-refractivity contribution < 1.29 is 9.59 Å². The maximum absolute atomic E-state index is 13.0. The zero-order chi connectivity index (χ0) is 20.8. The standard InChI is InChI=1S/C24H31N3O2/c1-4-16(2)22(24(29)26-17(3)18-10-6-5-7-11-18)27-23(28)21-14-19-12-8-9-13-20(19)15-25-21/h5-13,16-17,21-22,25H,4,14-15H2,1-3H3,(H,26,29)(H,27,28)/t16-,17+,21-,22+/m1/s1. The highest BCUT2D eigenvalue weighted by atomic mass is 16.2. The molecule has 0 radical (unpaired) electrons. The van der Waals surface area contributed by atoms with Gasteiger partial charge in [0.25, 0.3) is 0 Å². The molecule has 3 rings (SSSR count). The highest BCUT2D eigenvalue weighted by Gasteiger charge is 2.31. The second kappa shape index (κ2) is 9.70. The van der Waals surface area contributed by atoms with Gasteiger partial charge in [-0.25, -0.2) is 0 Å². The Balaban J connectivity index is 1.66. The van der Waals surface area contributed by atoms with E-state index in [1.165, 1.54) is 11.1 Å². The first-order valence-electron chi connectivity index (χ1n) is 10.5. The van der Waals surface area contributed by atoms with Crippen molar-refractivity contribution in [3.8, 4) is 0 Å². The summed E-state index contributed by atoms with van der Waals surface area (Å²) >= 11 is 0. The molecule has 1 aliphatic heterocycles. The molecule has 1 heterocycles. The Kier molecular flexibility index (Phi) is 7.04. The molecular formula is C24H31N3O2. The summed E-state index contributed by atoms with van der Waals surface area (Å²) in [6.45, 7) is 6.66. The van der Waals surface area contributed by atoms with Crippen LogP contribution in [0.25, 0.3) is 0 Å². The molecule has 0 saturated heterocycles. The van der Waals surface area contributed by atoms with Crippen LogP contribution >= 0.6 is 0 Å². The molecule has 0 saturated carbocycles. The van der Waals surface area contributed by atoms with Gasteiger partial charge in [-0.05, 0) is 36.0 Å². The number of carbonyl (C=O) groups is 2. The van der Waals surface area contributed by atoms with E-state index in [1.54, 1.807) is 0 Å². The SMILES string of the molecule is CC[C@@H](C)[C@H](NC(=O)[C@H]1Cc2ccccc2CN1)C(=O)N[C@@H](C)c1ccccc1. The number of hydrogen-bond donors (Lipinski definition) is 3. The topological polar surface area (TPSA) is 70.2 Å². The third kappa shape index (κ3) is 5.24. The van der Waals surface area contributed by atoms with Gasteiger partial charge in [0.05, 0.1) is 12.1 Å². The lowest BCUT2D eigenvalue weighted by Gasteiger charge is -2.30. The van der Waals surface area contributed by atoms with E-state index in [0.29, 0.717) is 13.0 Å². The van der Waals surface area contributed by atoms with Crippen molar-refractivity contribution in [3.05, 3.63) is 71.3 Å². The third-order valence-corrected chi connectivity index (χ3v) is 5.85. The number of amides is 2. The van der Waals surface area contributed by atoms with Gasteiger partial charge < -0.3 is 16.0 Å². The largest absolute Gasteiger partial charge is 0.348 e. The number of fused-ring (bicyclic) bond motifs is 1. The Morgan fingerprint density at radius 3 is 2.34 bits per heavy atom. The lowest BCUT2D eigenvalue weighted by molar-refractivity contribution is -0.131. The minimum atomic E-state index is -0.558. The first kappa shape index (κ1) is 21.1. The van der Waals surface area contributed by atoms with Crippen LogP contribution in [0.15, 0.2) is 54.6 Å². The van der Waals surface area contributed by atoms with Gasteiger partial charge in [0.2, 0.25) is 11.8 Å². The van der Waals surface area contributed by atoms with Crippen molar-refractivity contribution in [1.29, 1.82) is 0 Å². The van der Waals surface area contributed by atoms with E-state index in [2.05, 4.69) is 28.1 Å². The molecule has 0 spiro atoms. The van der Waals surface area contributed by atoms with Crippen LogP contribution in [0, 0.1) is 5.92 Å². The maximum atomic E-state index is 13.0. The molecule has 0 unspecified atom stereocenters. The number of carbonyl (C=O) groups excluding carboxylic acids is 2. The lowest BCUT2D eigenvalue weighted by atomic mass is 9.94. The molecule has 2 aromatic rings. The molecule has 3 N–H and O–H groups in total.